The molecule has 0 aromatic heterocycles. The number of hydrogen-bond acceptors (Lipinski definition) is 4. The largest absolute Gasteiger partial charge is 0.486 e. The van der Waals surface area contributed by atoms with Crippen molar-refractivity contribution in [2.75, 3.05) is 26.4 Å². The molecule has 1 aliphatic heterocycles. The molecule has 2 aromatic rings. The van der Waals surface area contributed by atoms with Gasteiger partial charge in [-0.2, -0.15) is 0 Å². The monoisotopic (exact) mass is 355 g/mol. The predicted octanol–water partition coefficient (Wildman–Crippen LogP) is 3.11. The van der Waals surface area contributed by atoms with Gasteiger partial charge in [0.25, 0.3) is 0 Å². The number of ether oxygens (including phenoxy) is 3. The third kappa shape index (κ3) is 5.49. The van der Waals surface area contributed by atoms with Crippen LogP contribution in [0.3, 0.4) is 0 Å². The molecule has 1 heterocycles. The SMILES string of the molecule is O=C(CCCOCCc1ccccc1)NCc1cccc2c1OCCO2. The van der Waals surface area contributed by atoms with Gasteiger partial charge in [0, 0.05) is 25.1 Å². The Morgan fingerprint density at radius 2 is 1.85 bits per heavy atom. The lowest BCUT2D eigenvalue weighted by Crippen LogP contribution is -2.24. The van der Waals surface area contributed by atoms with Crippen LogP contribution in [0.2, 0.25) is 0 Å². The molecule has 0 bridgehead atoms. The Bertz CT molecular complexity index is 702. The van der Waals surface area contributed by atoms with Gasteiger partial charge in [0.2, 0.25) is 5.91 Å². The average Bonchev–Trinajstić information content (AvgIpc) is 2.69. The van der Waals surface area contributed by atoms with E-state index < -0.39 is 0 Å². The molecule has 5 heteroatoms. The maximum absolute atomic E-state index is 12.0. The van der Waals surface area contributed by atoms with Crippen LogP contribution in [0.25, 0.3) is 0 Å². The van der Waals surface area contributed by atoms with Crippen molar-refractivity contribution >= 4 is 5.91 Å². The molecule has 0 atom stereocenters. The fourth-order valence-corrected chi connectivity index (χ4v) is 2.83. The minimum atomic E-state index is 0.0194. The Hall–Kier alpha value is -2.53. The maximum Gasteiger partial charge on any atom is 0.220 e. The summed E-state index contributed by atoms with van der Waals surface area (Å²) in [5.74, 6) is 1.50. The van der Waals surface area contributed by atoms with Crippen LogP contribution in [0.4, 0.5) is 0 Å². The average molecular weight is 355 g/mol. The van der Waals surface area contributed by atoms with Crippen LogP contribution in [0.5, 0.6) is 11.5 Å². The fraction of sp³-hybridized carbons (Fsp3) is 0.381. The summed E-state index contributed by atoms with van der Waals surface area (Å²) in [6, 6.07) is 16.0. The highest BCUT2D eigenvalue weighted by Crippen LogP contribution is 2.33. The molecule has 2 aromatic carbocycles. The molecule has 3 rings (SSSR count). The third-order valence-corrected chi connectivity index (χ3v) is 4.19. The quantitative estimate of drug-likeness (QED) is 0.702. The molecular formula is C21H25NO4. The first-order valence-electron chi connectivity index (χ1n) is 9.09. The molecule has 0 saturated heterocycles. The number of benzene rings is 2. The first-order chi connectivity index (χ1) is 12.8. The van der Waals surface area contributed by atoms with E-state index in [1.165, 1.54) is 5.56 Å². The van der Waals surface area contributed by atoms with Crippen molar-refractivity contribution in [3.63, 3.8) is 0 Å². The normalized spacial score (nSPS) is 12.6. The molecule has 0 saturated carbocycles. The van der Waals surface area contributed by atoms with Crippen LogP contribution < -0.4 is 14.8 Å². The molecule has 0 unspecified atom stereocenters. The molecular weight excluding hydrogens is 330 g/mol. The molecule has 0 radical (unpaired) electrons. The minimum Gasteiger partial charge on any atom is -0.486 e. The second-order valence-corrected chi connectivity index (χ2v) is 6.17. The van der Waals surface area contributed by atoms with Gasteiger partial charge in [0.1, 0.15) is 13.2 Å². The van der Waals surface area contributed by atoms with Gasteiger partial charge in [-0.05, 0) is 24.5 Å². The lowest BCUT2D eigenvalue weighted by molar-refractivity contribution is -0.121. The van der Waals surface area contributed by atoms with E-state index >= 15 is 0 Å². The number of amides is 1. The summed E-state index contributed by atoms with van der Waals surface area (Å²) >= 11 is 0. The van der Waals surface area contributed by atoms with E-state index in [1.54, 1.807) is 0 Å². The summed E-state index contributed by atoms with van der Waals surface area (Å²) in [7, 11) is 0. The first-order valence-corrected chi connectivity index (χ1v) is 9.09. The molecule has 5 nitrogen and oxygen atoms in total. The van der Waals surface area contributed by atoms with Gasteiger partial charge in [-0.15, -0.1) is 0 Å². The highest BCUT2D eigenvalue weighted by Gasteiger charge is 2.15. The Morgan fingerprint density at radius 3 is 2.73 bits per heavy atom. The van der Waals surface area contributed by atoms with Gasteiger partial charge in [-0.1, -0.05) is 42.5 Å². The maximum atomic E-state index is 12.0. The van der Waals surface area contributed by atoms with E-state index in [1.807, 2.05) is 36.4 Å². The summed E-state index contributed by atoms with van der Waals surface area (Å²) in [5.41, 5.74) is 2.21. The number of rotatable bonds is 9. The number of fused-ring (bicyclic) bond motifs is 1. The van der Waals surface area contributed by atoms with Crippen LogP contribution >= 0.6 is 0 Å². The zero-order valence-corrected chi connectivity index (χ0v) is 14.9. The smallest absolute Gasteiger partial charge is 0.220 e. The van der Waals surface area contributed by atoms with Crippen LogP contribution in [0, 0.1) is 0 Å². The summed E-state index contributed by atoms with van der Waals surface area (Å²) in [5, 5.41) is 2.94. The second kappa shape index (κ2) is 9.82. The van der Waals surface area contributed by atoms with Crippen molar-refractivity contribution in [1.82, 2.24) is 5.32 Å². The zero-order chi connectivity index (χ0) is 18.0. The van der Waals surface area contributed by atoms with E-state index in [-0.39, 0.29) is 5.91 Å². The van der Waals surface area contributed by atoms with Gasteiger partial charge < -0.3 is 19.5 Å². The fourth-order valence-electron chi connectivity index (χ4n) is 2.83. The molecule has 1 amide bonds. The molecule has 0 aliphatic carbocycles. The van der Waals surface area contributed by atoms with Crippen LogP contribution in [0.15, 0.2) is 48.5 Å². The molecule has 138 valence electrons. The lowest BCUT2D eigenvalue weighted by Gasteiger charge is -2.21. The van der Waals surface area contributed by atoms with E-state index in [0.29, 0.717) is 45.8 Å². The van der Waals surface area contributed by atoms with Crippen molar-refractivity contribution < 1.29 is 19.0 Å². The van der Waals surface area contributed by atoms with Crippen molar-refractivity contribution in [3.05, 3.63) is 59.7 Å². The van der Waals surface area contributed by atoms with Crippen molar-refractivity contribution in [3.8, 4) is 11.5 Å². The summed E-state index contributed by atoms with van der Waals surface area (Å²) in [6.07, 6.45) is 2.07. The Kier molecular flexibility index (Phi) is 6.90. The number of carbonyl (C=O) groups is 1. The van der Waals surface area contributed by atoms with E-state index in [2.05, 4.69) is 17.4 Å². The van der Waals surface area contributed by atoms with E-state index in [4.69, 9.17) is 14.2 Å². The number of carbonyl (C=O) groups excluding carboxylic acids is 1. The Morgan fingerprint density at radius 1 is 1.00 bits per heavy atom. The molecule has 0 fully saturated rings. The topological polar surface area (TPSA) is 56.8 Å². The number of nitrogens with one attached hydrogen (secondary N) is 1. The van der Waals surface area contributed by atoms with Crippen molar-refractivity contribution in [2.45, 2.75) is 25.8 Å². The second-order valence-electron chi connectivity index (χ2n) is 6.17. The number of para-hydroxylation sites is 1. The number of hydrogen-bond donors (Lipinski definition) is 1. The summed E-state index contributed by atoms with van der Waals surface area (Å²) in [6.45, 7) is 2.82. The molecule has 1 N–H and O–H groups in total. The first kappa shape index (κ1) is 18.3. The third-order valence-electron chi connectivity index (χ3n) is 4.19. The Balaban J connectivity index is 1.30. The van der Waals surface area contributed by atoms with Gasteiger partial charge in [-0.25, -0.2) is 0 Å². The van der Waals surface area contributed by atoms with Gasteiger partial charge in [-0.3, -0.25) is 4.79 Å². The zero-order valence-electron chi connectivity index (χ0n) is 14.9. The van der Waals surface area contributed by atoms with Crippen LogP contribution in [-0.2, 0) is 22.5 Å². The lowest BCUT2D eigenvalue weighted by atomic mass is 10.1. The van der Waals surface area contributed by atoms with E-state index in [0.717, 1.165) is 23.5 Å². The Labute approximate surface area is 154 Å². The van der Waals surface area contributed by atoms with Crippen molar-refractivity contribution in [2.24, 2.45) is 0 Å². The van der Waals surface area contributed by atoms with Crippen molar-refractivity contribution in [1.29, 1.82) is 0 Å². The van der Waals surface area contributed by atoms with Crippen LogP contribution in [0.1, 0.15) is 24.0 Å². The molecule has 1 aliphatic rings. The van der Waals surface area contributed by atoms with E-state index in [9.17, 15) is 4.79 Å². The van der Waals surface area contributed by atoms with Gasteiger partial charge in [0.05, 0.1) is 6.61 Å². The van der Waals surface area contributed by atoms with Crippen LogP contribution in [-0.4, -0.2) is 32.3 Å². The predicted molar refractivity (Wildman–Crippen MR) is 99.5 cm³/mol. The van der Waals surface area contributed by atoms with Gasteiger partial charge in [0.15, 0.2) is 11.5 Å². The summed E-state index contributed by atoms with van der Waals surface area (Å²) in [4.78, 5) is 12.0. The molecule has 0 spiro atoms. The highest BCUT2D eigenvalue weighted by atomic mass is 16.6. The summed E-state index contributed by atoms with van der Waals surface area (Å²) < 4.78 is 16.8. The highest BCUT2D eigenvalue weighted by molar-refractivity contribution is 5.76. The molecule has 26 heavy (non-hydrogen) atoms. The standard InChI is InChI=1S/C21H25NO4/c23-20(10-5-12-24-13-11-17-6-2-1-3-7-17)22-16-18-8-4-9-19-21(18)26-15-14-25-19/h1-4,6-9H,5,10-16H2,(H,22,23). The minimum absolute atomic E-state index is 0.0194. The van der Waals surface area contributed by atoms with Gasteiger partial charge >= 0.3 is 0 Å².